The second kappa shape index (κ2) is 5.71. The molecule has 0 aliphatic heterocycles. The maximum Gasteiger partial charge on any atom is 0.253 e. The summed E-state index contributed by atoms with van der Waals surface area (Å²) in [5, 5.41) is 2.77. The molecule has 1 aromatic rings. The minimum absolute atomic E-state index is 0.0654. The first-order valence-electron chi connectivity index (χ1n) is 5.93. The molecule has 0 bridgehead atoms. The van der Waals surface area contributed by atoms with Crippen LogP contribution in [0.1, 0.15) is 36.2 Å². The maximum absolute atomic E-state index is 12.2. The van der Waals surface area contributed by atoms with Gasteiger partial charge in [-0.25, -0.2) is 0 Å². The number of carbonyl (C=O) groups is 2. The van der Waals surface area contributed by atoms with Crippen molar-refractivity contribution in [2.45, 2.75) is 32.7 Å². The van der Waals surface area contributed by atoms with Crippen LogP contribution < -0.4 is 22.3 Å². The molecular formula is C13H20N4O2. The molecule has 104 valence electrons. The molecule has 0 aliphatic rings. The number of primary amides is 1. The number of hydrogen-bond acceptors (Lipinski definition) is 4. The molecule has 0 fully saturated rings. The van der Waals surface area contributed by atoms with Crippen LogP contribution in [0.3, 0.4) is 0 Å². The highest BCUT2D eigenvalue weighted by Gasteiger charge is 2.24. The summed E-state index contributed by atoms with van der Waals surface area (Å²) >= 11 is 0. The molecule has 0 aromatic heterocycles. The number of benzene rings is 1. The molecule has 0 unspecified atom stereocenters. The van der Waals surface area contributed by atoms with Gasteiger partial charge in [0.1, 0.15) is 0 Å². The summed E-state index contributed by atoms with van der Waals surface area (Å²) in [5.74, 6) is 4.61. The lowest BCUT2D eigenvalue weighted by Crippen LogP contribution is -2.46. The average molecular weight is 264 g/mol. The van der Waals surface area contributed by atoms with Crippen molar-refractivity contribution in [2.24, 2.45) is 11.6 Å². The lowest BCUT2D eigenvalue weighted by atomic mass is 9.99. The predicted octanol–water partition coefficient (Wildman–Crippen LogP) is 0.664. The van der Waals surface area contributed by atoms with Crippen molar-refractivity contribution in [3.05, 3.63) is 29.3 Å². The number of hydrogen-bond donors (Lipinski definition) is 4. The molecular weight excluding hydrogens is 244 g/mol. The van der Waals surface area contributed by atoms with Gasteiger partial charge in [0.15, 0.2) is 0 Å². The van der Waals surface area contributed by atoms with Crippen LogP contribution in [0.2, 0.25) is 0 Å². The van der Waals surface area contributed by atoms with Crippen LogP contribution in [0.15, 0.2) is 18.2 Å². The third-order valence-electron chi connectivity index (χ3n) is 2.64. The van der Waals surface area contributed by atoms with Crippen molar-refractivity contribution in [3.63, 3.8) is 0 Å². The standard InChI is InChI=1S/C13H20N4O2/c1-8-4-5-10(17-15)9(6-8)12(19)16-13(2,3)7-11(14)18/h4-6,17H,7,15H2,1-3H3,(H2,14,18)(H,16,19). The van der Waals surface area contributed by atoms with Crippen LogP contribution in [0.5, 0.6) is 0 Å². The Morgan fingerprint density at radius 2 is 1.95 bits per heavy atom. The Labute approximate surface area is 112 Å². The highest BCUT2D eigenvalue weighted by molar-refractivity contribution is 6.00. The topological polar surface area (TPSA) is 110 Å². The van der Waals surface area contributed by atoms with E-state index in [1.807, 2.05) is 13.0 Å². The fourth-order valence-corrected chi connectivity index (χ4v) is 1.83. The van der Waals surface area contributed by atoms with Gasteiger partial charge in [0.05, 0.1) is 11.3 Å². The number of nitrogen functional groups attached to an aromatic ring is 1. The van der Waals surface area contributed by atoms with E-state index in [1.165, 1.54) is 0 Å². The van der Waals surface area contributed by atoms with E-state index >= 15 is 0 Å². The largest absolute Gasteiger partial charge is 0.370 e. The van der Waals surface area contributed by atoms with E-state index in [1.54, 1.807) is 26.0 Å². The highest BCUT2D eigenvalue weighted by Crippen LogP contribution is 2.18. The molecule has 6 N–H and O–H groups in total. The minimum Gasteiger partial charge on any atom is -0.370 e. The SMILES string of the molecule is Cc1ccc(NN)c(C(=O)NC(C)(C)CC(N)=O)c1. The summed E-state index contributed by atoms with van der Waals surface area (Å²) in [6, 6.07) is 5.30. The van der Waals surface area contributed by atoms with Gasteiger partial charge in [0.2, 0.25) is 5.91 Å². The van der Waals surface area contributed by atoms with E-state index in [4.69, 9.17) is 11.6 Å². The number of rotatable bonds is 5. The summed E-state index contributed by atoms with van der Waals surface area (Å²) in [6.45, 7) is 5.35. The Morgan fingerprint density at radius 3 is 2.47 bits per heavy atom. The Balaban J connectivity index is 2.95. The number of aryl methyl sites for hydroxylation is 1. The summed E-state index contributed by atoms with van der Waals surface area (Å²) < 4.78 is 0. The zero-order chi connectivity index (χ0) is 14.6. The monoisotopic (exact) mass is 264 g/mol. The zero-order valence-electron chi connectivity index (χ0n) is 11.4. The van der Waals surface area contributed by atoms with Gasteiger partial charge in [-0.3, -0.25) is 15.4 Å². The van der Waals surface area contributed by atoms with E-state index in [-0.39, 0.29) is 12.3 Å². The van der Waals surface area contributed by atoms with Crippen molar-refractivity contribution in [3.8, 4) is 0 Å². The molecule has 6 heteroatoms. The zero-order valence-corrected chi connectivity index (χ0v) is 11.4. The van der Waals surface area contributed by atoms with Crippen LogP contribution in [0, 0.1) is 6.92 Å². The van der Waals surface area contributed by atoms with Gasteiger partial charge in [0.25, 0.3) is 5.91 Å². The van der Waals surface area contributed by atoms with Gasteiger partial charge in [0, 0.05) is 12.0 Å². The molecule has 1 aromatic carbocycles. The summed E-state index contributed by atoms with van der Waals surface area (Å²) in [6.07, 6.45) is 0.0654. The molecule has 2 amide bonds. The van der Waals surface area contributed by atoms with Crippen LogP contribution >= 0.6 is 0 Å². The second-order valence-corrected chi connectivity index (χ2v) is 5.17. The van der Waals surface area contributed by atoms with Crippen molar-refractivity contribution in [1.82, 2.24) is 5.32 Å². The van der Waals surface area contributed by atoms with Gasteiger partial charge in [-0.15, -0.1) is 0 Å². The van der Waals surface area contributed by atoms with Gasteiger partial charge in [-0.1, -0.05) is 11.6 Å². The molecule has 0 atom stereocenters. The Bertz CT molecular complexity index is 497. The summed E-state index contributed by atoms with van der Waals surface area (Å²) in [4.78, 5) is 23.2. The van der Waals surface area contributed by atoms with E-state index in [0.717, 1.165) is 5.56 Å². The van der Waals surface area contributed by atoms with Gasteiger partial charge in [-0.2, -0.15) is 0 Å². The molecule has 0 saturated carbocycles. The maximum atomic E-state index is 12.2. The van der Waals surface area contributed by atoms with Crippen LogP contribution in [0.25, 0.3) is 0 Å². The quantitative estimate of drug-likeness (QED) is 0.462. The Kier molecular flexibility index (Phi) is 4.50. The normalized spacial score (nSPS) is 10.9. The smallest absolute Gasteiger partial charge is 0.253 e. The average Bonchev–Trinajstić information content (AvgIpc) is 2.26. The van der Waals surface area contributed by atoms with E-state index in [2.05, 4.69) is 10.7 Å². The van der Waals surface area contributed by atoms with Crippen molar-refractivity contribution < 1.29 is 9.59 Å². The van der Waals surface area contributed by atoms with Gasteiger partial charge in [-0.05, 0) is 32.9 Å². The highest BCUT2D eigenvalue weighted by atomic mass is 16.2. The lowest BCUT2D eigenvalue weighted by Gasteiger charge is -2.25. The number of nitrogens with two attached hydrogens (primary N) is 2. The molecule has 0 spiro atoms. The summed E-state index contributed by atoms with van der Waals surface area (Å²) in [5.41, 5.74) is 8.82. The van der Waals surface area contributed by atoms with E-state index in [9.17, 15) is 9.59 Å². The fraction of sp³-hybridized carbons (Fsp3) is 0.385. The molecule has 1 rings (SSSR count). The second-order valence-electron chi connectivity index (χ2n) is 5.17. The number of anilines is 1. The molecule has 6 nitrogen and oxygen atoms in total. The number of hydrazine groups is 1. The third kappa shape index (κ3) is 4.26. The number of carbonyl (C=O) groups excluding carboxylic acids is 2. The molecule has 0 radical (unpaired) electrons. The Morgan fingerprint density at radius 1 is 1.32 bits per heavy atom. The fourth-order valence-electron chi connectivity index (χ4n) is 1.83. The van der Waals surface area contributed by atoms with E-state index < -0.39 is 11.4 Å². The molecule has 0 heterocycles. The van der Waals surface area contributed by atoms with Crippen LogP contribution in [0.4, 0.5) is 5.69 Å². The van der Waals surface area contributed by atoms with Crippen LogP contribution in [-0.4, -0.2) is 17.4 Å². The Hall–Kier alpha value is -2.08. The van der Waals surface area contributed by atoms with Crippen LogP contribution in [-0.2, 0) is 4.79 Å². The molecule has 0 aliphatic carbocycles. The first-order valence-corrected chi connectivity index (χ1v) is 5.93. The van der Waals surface area contributed by atoms with Gasteiger partial charge >= 0.3 is 0 Å². The van der Waals surface area contributed by atoms with Crippen molar-refractivity contribution in [2.75, 3.05) is 5.43 Å². The third-order valence-corrected chi connectivity index (χ3v) is 2.64. The van der Waals surface area contributed by atoms with Crippen molar-refractivity contribution >= 4 is 17.5 Å². The predicted molar refractivity (Wildman–Crippen MR) is 74.3 cm³/mol. The number of nitrogens with one attached hydrogen (secondary N) is 2. The molecule has 19 heavy (non-hydrogen) atoms. The van der Waals surface area contributed by atoms with Gasteiger partial charge < -0.3 is 16.5 Å². The molecule has 0 saturated heterocycles. The first-order chi connectivity index (χ1) is 8.75. The van der Waals surface area contributed by atoms with Crippen molar-refractivity contribution in [1.29, 1.82) is 0 Å². The lowest BCUT2D eigenvalue weighted by molar-refractivity contribution is -0.119. The summed E-state index contributed by atoms with van der Waals surface area (Å²) in [7, 11) is 0. The van der Waals surface area contributed by atoms with E-state index in [0.29, 0.717) is 11.3 Å². The minimum atomic E-state index is -0.710. The number of amides is 2. The first kappa shape index (κ1) is 15.0.